The molecule has 0 bridgehead atoms. The molecular weight excluding hydrogens is 877 g/mol. The van der Waals surface area contributed by atoms with Gasteiger partial charge in [0.2, 0.25) is 0 Å². The Kier molecular flexibility index (Phi) is 13.2. The maximum atomic E-state index is 14.4. The lowest BCUT2D eigenvalue weighted by Gasteiger charge is -2.53. The topological polar surface area (TPSA) is 249 Å². The van der Waals surface area contributed by atoms with E-state index < -0.39 is 120 Å². The summed E-state index contributed by atoms with van der Waals surface area (Å²) in [7, 11) is 0. The van der Waals surface area contributed by atoms with Crippen molar-refractivity contribution in [2.45, 2.75) is 215 Å². The molecule has 5 aliphatic heterocycles. The highest BCUT2D eigenvalue weighted by Crippen LogP contribution is 2.53. The molecule has 5 heterocycles. The van der Waals surface area contributed by atoms with Crippen LogP contribution in [0.3, 0.4) is 0 Å². The van der Waals surface area contributed by atoms with Gasteiger partial charge in [0.15, 0.2) is 59.7 Å². The Morgan fingerprint density at radius 2 is 1.27 bits per heavy atom. The Morgan fingerprint density at radius 1 is 0.687 bits per heavy atom. The summed E-state index contributed by atoms with van der Waals surface area (Å²) in [6, 6.07) is 2.71. The highest BCUT2D eigenvalue weighted by atomic mass is 16.7. The molecular formula is C49H62O18. The van der Waals surface area contributed by atoms with Crippen LogP contribution in [0, 0.1) is 0 Å². The molecule has 0 spiro atoms. The third-order valence-corrected chi connectivity index (χ3v) is 14.9. The number of benzene rings is 1. The van der Waals surface area contributed by atoms with Crippen LogP contribution in [0.5, 0.6) is 5.75 Å². The van der Waals surface area contributed by atoms with Crippen molar-refractivity contribution in [2.24, 2.45) is 0 Å². The van der Waals surface area contributed by atoms with Gasteiger partial charge in [-0.05, 0) is 66.5 Å². The fourth-order valence-corrected chi connectivity index (χ4v) is 11.2. The molecule has 18 heteroatoms. The number of phenols is 1. The van der Waals surface area contributed by atoms with Gasteiger partial charge in [-0.25, -0.2) is 0 Å². The maximum Gasteiger partial charge on any atom is 0.198 e. The Balaban J connectivity index is 0.838. The van der Waals surface area contributed by atoms with E-state index in [-0.39, 0.29) is 65.0 Å². The van der Waals surface area contributed by atoms with Gasteiger partial charge in [0.25, 0.3) is 0 Å². The van der Waals surface area contributed by atoms with Gasteiger partial charge in [0, 0.05) is 74.5 Å². The van der Waals surface area contributed by atoms with Gasteiger partial charge in [-0.2, -0.15) is 0 Å². The first kappa shape index (κ1) is 48.4. The van der Waals surface area contributed by atoms with Crippen LogP contribution in [0.2, 0.25) is 0 Å². The van der Waals surface area contributed by atoms with Crippen molar-refractivity contribution in [3.63, 3.8) is 0 Å². The van der Waals surface area contributed by atoms with Crippen molar-refractivity contribution in [2.75, 3.05) is 0 Å². The van der Waals surface area contributed by atoms with Gasteiger partial charge in [-0.3, -0.25) is 24.0 Å². The molecule has 17 atom stereocenters. The zero-order valence-corrected chi connectivity index (χ0v) is 38.7. The quantitative estimate of drug-likeness (QED) is 0.275. The van der Waals surface area contributed by atoms with E-state index in [1.807, 2.05) is 13.8 Å². The Bertz CT molecular complexity index is 2230. The van der Waals surface area contributed by atoms with Crippen molar-refractivity contribution < 1.29 is 87.0 Å². The average Bonchev–Trinajstić information content (AvgIpc) is 3.26. The summed E-state index contributed by atoms with van der Waals surface area (Å²) in [5.74, 6) is -3.17. The van der Waals surface area contributed by atoms with Crippen molar-refractivity contribution in [3.05, 3.63) is 52.1 Å². The standard InChI is InChI=1S/C49H62O18/c1-22-30(50)9-13-37(60-22)64-33-11-15-39(62-24(33)3)66-46-26(5)59-35(19-32(46)52)27-7-8-28-41(43(27)54)44(55)29-17-18-48(57)21-47(6,20-36(53)49(48,58)42(29)45(28)56)67-40-16-12-34(25(4)63-40)65-38-14-10-31(51)23(2)61-38/h7-8,17-18,22-26,32-35,37-40,46,52,54,57-58H,9-16,19-21H2,1-6H3. The number of ketones is 5. The number of hydrogen-bond acceptors (Lipinski definition) is 18. The number of aromatic hydroxyl groups is 1. The molecule has 0 radical (unpaired) electrons. The van der Waals surface area contributed by atoms with E-state index in [1.165, 1.54) is 18.2 Å². The van der Waals surface area contributed by atoms with Gasteiger partial charge in [0.1, 0.15) is 29.7 Å². The minimum atomic E-state index is -2.82. The number of allylic oxidation sites excluding steroid dienone is 2. The number of carbonyl (C=O) groups is 5. The van der Waals surface area contributed by atoms with Gasteiger partial charge in [-0.15, -0.1) is 0 Å². The molecule has 1 aromatic carbocycles. The number of fused-ring (bicyclic) bond motifs is 3. The molecule has 5 saturated heterocycles. The van der Waals surface area contributed by atoms with Crippen LogP contribution < -0.4 is 0 Å². The number of carbonyl (C=O) groups excluding carboxylic acids is 5. The second-order valence-corrected chi connectivity index (χ2v) is 19.9. The molecule has 0 aromatic heterocycles. The van der Waals surface area contributed by atoms with Crippen molar-refractivity contribution in [1.82, 2.24) is 0 Å². The molecule has 17 unspecified atom stereocenters. The predicted molar refractivity (Wildman–Crippen MR) is 229 cm³/mol. The highest BCUT2D eigenvalue weighted by molar-refractivity contribution is 6.32. The molecule has 1 aromatic rings. The maximum absolute atomic E-state index is 14.4. The zero-order valence-electron chi connectivity index (χ0n) is 38.7. The first-order chi connectivity index (χ1) is 31.7. The Morgan fingerprint density at radius 3 is 1.85 bits per heavy atom. The van der Waals surface area contributed by atoms with E-state index in [1.54, 1.807) is 27.7 Å². The summed E-state index contributed by atoms with van der Waals surface area (Å²) in [6.45, 7) is 10.4. The van der Waals surface area contributed by atoms with Crippen LogP contribution in [0.4, 0.5) is 0 Å². The molecule has 3 aliphatic carbocycles. The Hall–Kier alpha value is -3.63. The smallest absolute Gasteiger partial charge is 0.198 e. The second-order valence-electron chi connectivity index (χ2n) is 19.9. The van der Waals surface area contributed by atoms with E-state index in [2.05, 4.69) is 0 Å². The van der Waals surface area contributed by atoms with Crippen LogP contribution in [-0.2, 0) is 57.0 Å². The summed E-state index contributed by atoms with van der Waals surface area (Å²) in [5, 5.41) is 47.6. The Labute approximate surface area is 388 Å². The molecule has 1 saturated carbocycles. The molecule has 67 heavy (non-hydrogen) atoms. The number of aliphatic hydroxyl groups excluding tert-OH is 1. The SMILES string of the molecule is CC1OC(OC2CCC(OC3C(O)CC(c4ccc5c(c4O)C(=O)C4=C(C5=O)C5(O)C(=O)CC(C)(OC6CCC(OC7CCC(=O)C(C)O7)C(C)O6)CC5(O)C=C4)OC3C)OC2C)CCC1=O. The van der Waals surface area contributed by atoms with Crippen LogP contribution >= 0.6 is 0 Å². The van der Waals surface area contributed by atoms with E-state index in [0.717, 1.165) is 6.08 Å². The number of hydrogen-bond donors (Lipinski definition) is 4. The van der Waals surface area contributed by atoms with Crippen LogP contribution in [0.15, 0.2) is 35.4 Å². The third-order valence-electron chi connectivity index (χ3n) is 14.9. The minimum Gasteiger partial charge on any atom is -0.507 e. The highest BCUT2D eigenvalue weighted by Gasteiger charge is 2.67. The molecule has 366 valence electrons. The lowest BCUT2D eigenvalue weighted by molar-refractivity contribution is -0.298. The third kappa shape index (κ3) is 8.84. The normalized spacial score (nSPS) is 43.7. The number of phenolic OH excluding ortho intramolecular Hbond substituents is 1. The number of rotatable bonds is 9. The van der Waals surface area contributed by atoms with Crippen LogP contribution in [0.1, 0.15) is 145 Å². The lowest BCUT2D eigenvalue weighted by atomic mass is 9.57. The summed E-state index contributed by atoms with van der Waals surface area (Å²) < 4.78 is 54.9. The molecule has 9 rings (SSSR count). The largest absolute Gasteiger partial charge is 0.507 e. The van der Waals surface area contributed by atoms with Gasteiger partial charge in [-0.1, -0.05) is 12.1 Å². The van der Waals surface area contributed by atoms with Crippen molar-refractivity contribution in [1.29, 1.82) is 0 Å². The monoisotopic (exact) mass is 938 g/mol. The van der Waals surface area contributed by atoms with Gasteiger partial charge < -0.3 is 63.1 Å². The van der Waals surface area contributed by atoms with E-state index in [9.17, 15) is 44.4 Å². The van der Waals surface area contributed by atoms with E-state index >= 15 is 0 Å². The summed E-state index contributed by atoms with van der Waals surface area (Å²) in [6.07, 6.45) is -3.45. The number of aliphatic hydroxyl groups is 3. The molecule has 4 N–H and O–H groups in total. The predicted octanol–water partition coefficient (Wildman–Crippen LogP) is 3.84. The second kappa shape index (κ2) is 18.3. The molecule has 8 aliphatic rings. The summed E-state index contributed by atoms with van der Waals surface area (Å²) >= 11 is 0. The summed E-state index contributed by atoms with van der Waals surface area (Å²) in [5.41, 5.74) is -7.98. The fraction of sp³-hybridized carbons (Fsp3) is 0.694. The fourth-order valence-electron chi connectivity index (χ4n) is 11.2. The summed E-state index contributed by atoms with van der Waals surface area (Å²) in [4.78, 5) is 66.7. The number of ether oxygens (including phenoxy) is 9. The molecule has 0 amide bonds. The first-order valence-corrected chi connectivity index (χ1v) is 23.7. The number of Topliss-reactive ketones (excluding diaryl/α,β-unsaturated/α-hetero) is 5. The van der Waals surface area contributed by atoms with Crippen LogP contribution in [0.25, 0.3) is 0 Å². The first-order valence-electron chi connectivity index (χ1n) is 23.7. The lowest BCUT2D eigenvalue weighted by Crippen LogP contribution is -2.69. The molecule has 6 fully saturated rings. The average molecular weight is 939 g/mol. The van der Waals surface area contributed by atoms with Gasteiger partial charge >= 0.3 is 0 Å². The van der Waals surface area contributed by atoms with Crippen molar-refractivity contribution in [3.8, 4) is 5.75 Å². The van der Waals surface area contributed by atoms with Gasteiger partial charge in [0.05, 0.1) is 59.5 Å². The molecule has 18 nitrogen and oxygen atoms in total. The minimum absolute atomic E-state index is 0.0256. The van der Waals surface area contributed by atoms with Crippen LogP contribution in [-0.4, -0.2) is 146 Å². The van der Waals surface area contributed by atoms with E-state index in [0.29, 0.717) is 51.4 Å². The zero-order chi connectivity index (χ0) is 47.9. The van der Waals surface area contributed by atoms with E-state index in [4.69, 9.17) is 42.6 Å². The van der Waals surface area contributed by atoms with Crippen molar-refractivity contribution >= 4 is 28.9 Å².